The van der Waals surface area contributed by atoms with E-state index in [0.717, 1.165) is 24.2 Å². The Labute approximate surface area is 287 Å². The van der Waals surface area contributed by atoms with Gasteiger partial charge in [0.2, 0.25) is 11.7 Å². The molecule has 3 aromatic rings. The molecule has 5 rings (SSSR count). The van der Waals surface area contributed by atoms with Crippen LogP contribution in [0.15, 0.2) is 60.7 Å². The number of carbonyl (C=O) groups is 2. The number of hydrogen-bond donors (Lipinski definition) is 0. The van der Waals surface area contributed by atoms with Crippen LogP contribution in [0.1, 0.15) is 40.7 Å². The van der Waals surface area contributed by atoms with Gasteiger partial charge in [-0.2, -0.15) is 0 Å². The summed E-state index contributed by atoms with van der Waals surface area (Å²) >= 11 is 12.8. The van der Waals surface area contributed by atoms with E-state index in [2.05, 4.69) is 17.0 Å². The number of amides is 2. The number of benzene rings is 3. The molecule has 2 amide bonds. The molecule has 0 aliphatic carbocycles. The Hall–Kier alpha value is -3.50. The minimum absolute atomic E-state index is 0.132. The van der Waals surface area contributed by atoms with Crippen LogP contribution < -0.4 is 14.2 Å². The number of carbonyl (C=O) groups excluding carboxylic acids is 2. The molecule has 2 aliphatic rings. The first-order chi connectivity index (χ1) is 22.6. The van der Waals surface area contributed by atoms with E-state index in [1.54, 1.807) is 28.0 Å². The maximum absolute atomic E-state index is 14.0. The van der Waals surface area contributed by atoms with Crippen LogP contribution in [0.4, 0.5) is 0 Å². The summed E-state index contributed by atoms with van der Waals surface area (Å²) in [4.78, 5) is 33.5. The normalized spacial score (nSPS) is 19.6. The van der Waals surface area contributed by atoms with E-state index in [1.165, 1.54) is 21.3 Å². The molecule has 1 atom stereocenters. The molecule has 252 valence electrons. The van der Waals surface area contributed by atoms with Crippen LogP contribution in [-0.4, -0.2) is 101 Å². The minimum Gasteiger partial charge on any atom is -0.493 e. The zero-order valence-electron chi connectivity index (χ0n) is 27.7. The predicted molar refractivity (Wildman–Crippen MR) is 183 cm³/mol. The van der Waals surface area contributed by atoms with E-state index in [0.29, 0.717) is 78.4 Å². The lowest BCUT2D eigenvalue weighted by Crippen LogP contribution is -2.54. The SMILES string of the molecule is COc1cc(C(=O)N2CCOC(CCN3CCC(C(=O)N(C)C)(c4ccccc4)CC3)(c3ccc(Cl)c(Cl)c3)C2)cc(OC)c1OC. The number of likely N-dealkylation sites (tertiary alicyclic amines) is 1. The number of morpholine rings is 1. The Morgan fingerprint density at radius 3 is 2.09 bits per heavy atom. The van der Waals surface area contributed by atoms with Gasteiger partial charge in [0.1, 0.15) is 5.60 Å². The summed E-state index contributed by atoms with van der Waals surface area (Å²) in [5, 5.41) is 0.874. The van der Waals surface area contributed by atoms with E-state index < -0.39 is 11.0 Å². The Bertz CT molecular complexity index is 1550. The average Bonchev–Trinajstić information content (AvgIpc) is 3.11. The highest BCUT2D eigenvalue weighted by molar-refractivity contribution is 6.42. The summed E-state index contributed by atoms with van der Waals surface area (Å²) in [5.41, 5.74) is 0.933. The van der Waals surface area contributed by atoms with Crippen LogP contribution in [0.3, 0.4) is 0 Å². The zero-order valence-corrected chi connectivity index (χ0v) is 29.2. The van der Waals surface area contributed by atoms with Gasteiger partial charge in [-0.1, -0.05) is 59.6 Å². The quantitative estimate of drug-likeness (QED) is 0.263. The zero-order chi connectivity index (χ0) is 33.8. The maximum atomic E-state index is 14.0. The van der Waals surface area contributed by atoms with Gasteiger partial charge >= 0.3 is 0 Å². The van der Waals surface area contributed by atoms with Crippen LogP contribution >= 0.6 is 23.2 Å². The Morgan fingerprint density at radius 1 is 0.851 bits per heavy atom. The van der Waals surface area contributed by atoms with Crippen LogP contribution in [0.25, 0.3) is 0 Å². The number of piperidine rings is 1. The molecule has 2 fully saturated rings. The van der Waals surface area contributed by atoms with E-state index in [-0.39, 0.29) is 11.8 Å². The highest BCUT2D eigenvalue weighted by Gasteiger charge is 2.45. The van der Waals surface area contributed by atoms with Gasteiger partial charge in [0, 0.05) is 32.7 Å². The number of rotatable bonds is 10. The molecule has 2 heterocycles. The van der Waals surface area contributed by atoms with Crippen LogP contribution in [-0.2, 0) is 20.5 Å². The predicted octanol–water partition coefficient (Wildman–Crippen LogP) is 5.90. The van der Waals surface area contributed by atoms with Crippen molar-refractivity contribution < 1.29 is 28.5 Å². The molecule has 0 spiro atoms. The molecule has 0 saturated carbocycles. The fourth-order valence-electron chi connectivity index (χ4n) is 6.90. The van der Waals surface area contributed by atoms with Crippen molar-refractivity contribution in [1.29, 1.82) is 0 Å². The van der Waals surface area contributed by atoms with Crippen LogP contribution in [0, 0.1) is 0 Å². The fourth-order valence-corrected chi connectivity index (χ4v) is 7.20. The van der Waals surface area contributed by atoms with Crippen molar-refractivity contribution >= 4 is 35.0 Å². The molecule has 0 bridgehead atoms. The fraction of sp³-hybridized carbons (Fsp3) is 0.444. The van der Waals surface area contributed by atoms with Crippen molar-refractivity contribution in [2.45, 2.75) is 30.3 Å². The molecule has 0 aromatic heterocycles. The van der Waals surface area contributed by atoms with E-state index in [9.17, 15) is 9.59 Å². The van der Waals surface area contributed by atoms with Crippen LogP contribution in [0.5, 0.6) is 17.2 Å². The smallest absolute Gasteiger partial charge is 0.254 e. The molecule has 0 radical (unpaired) electrons. The Balaban J connectivity index is 1.39. The van der Waals surface area contributed by atoms with Crippen LogP contribution in [0.2, 0.25) is 10.0 Å². The number of ether oxygens (including phenoxy) is 4. The molecule has 11 heteroatoms. The molecule has 0 N–H and O–H groups in total. The maximum Gasteiger partial charge on any atom is 0.254 e. The van der Waals surface area contributed by atoms with Gasteiger partial charge < -0.3 is 33.6 Å². The van der Waals surface area contributed by atoms with Crippen molar-refractivity contribution in [1.82, 2.24) is 14.7 Å². The summed E-state index contributed by atoms with van der Waals surface area (Å²) in [6, 6.07) is 19.0. The third kappa shape index (κ3) is 7.04. The number of hydrogen-bond acceptors (Lipinski definition) is 7. The lowest BCUT2D eigenvalue weighted by Gasteiger charge is -2.46. The van der Waals surface area contributed by atoms with Gasteiger partial charge in [-0.15, -0.1) is 0 Å². The third-order valence-corrected chi connectivity index (χ3v) is 10.3. The van der Waals surface area contributed by atoms with Crippen molar-refractivity contribution in [3.8, 4) is 17.2 Å². The standard InChI is InChI=1S/C36H43Cl2N3O6/c1-39(2)34(43)35(26-9-7-6-8-10-26)13-16-40(17-14-35)18-15-36(27-11-12-28(37)29(38)23-27)24-41(19-20-47-36)33(42)25-21-30(44-3)32(46-5)31(22-25)45-4/h6-12,21-23H,13-20,24H2,1-5H3. The van der Waals surface area contributed by atoms with Gasteiger partial charge in [-0.25, -0.2) is 0 Å². The average molecular weight is 685 g/mol. The second-order valence-electron chi connectivity index (χ2n) is 12.4. The van der Waals surface area contributed by atoms with Gasteiger partial charge in [0.25, 0.3) is 5.91 Å². The second-order valence-corrected chi connectivity index (χ2v) is 13.2. The summed E-state index contributed by atoms with van der Waals surface area (Å²) < 4.78 is 23.1. The summed E-state index contributed by atoms with van der Waals surface area (Å²) in [5.74, 6) is 1.19. The molecule has 3 aromatic carbocycles. The molecule has 47 heavy (non-hydrogen) atoms. The monoisotopic (exact) mass is 683 g/mol. The molecular formula is C36H43Cl2N3O6. The number of likely N-dealkylation sites (N-methyl/N-ethyl adjacent to an activating group) is 1. The Morgan fingerprint density at radius 2 is 1.51 bits per heavy atom. The highest BCUT2D eigenvalue weighted by atomic mass is 35.5. The number of halogens is 2. The largest absolute Gasteiger partial charge is 0.493 e. The summed E-state index contributed by atoms with van der Waals surface area (Å²) in [6.07, 6.45) is 2.02. The summed E-state index contributed by atoms with van der Waals surface area (Å²) in [7, 11) is 8.23. The van der Waals surface area contributed by atoms with Gasteiger partial charge in [-0.05, 0) is 67.7 Å². The topological polar surface area (TPSA) is 80.8 Å². The molecule has 1 unspecified atom stereocenters. The third-order valence-electron chi connectivity index (χ3n) is 9.51. The Kier molecular flexibility index (Phi) is 10.9. The first-order valence-corrected chi connectivity index (χ1v) is 16.5. The van der Waals surface area contributed by atoms with Crippen molar-refractivity contribution in [2.75, 3.05) is 74.8 Å². The lowest BCUT2D eigenvalue weighted by molar-refractivity contribution is -0.137. The first-order valence-electron chi connectivity index (χ1n) is 15.8. The van der Waals surface area contributed by atoms with Crippen molar-refractivity contribution in [3.63, 3.8) is 0 Å². The van der Waals surface area contributed by atoms with E-state index >= 15 is 0 Å². The minimum atomic E-state index is -0.837. The highest BCUT2D eigenvalue weighted by Crippen LogP contribution is 2.42. The molecule has 9 nitrogen and oxygen atoms in total. The molecule has 2 saturated heterocycles. The molecular weight excluding hydrogens is 641 g/mol. The first kappa shape index (κ1) is 34.8. The van der Waals surface area contributed by atoms with Crippen molar-refractivity contribution in [3.05, 3.63) is 87.4 Å². The summed E-state index contributed by atoms with van der Waals surface area (Å²) in [6.45, 7) is 3.26. The number of methoxy groups -OCH3 is 3. The van der Waals surface area contributed by atoms with E-state index in [1.807, 2.05) is 44.4 Å². The van der Waals surface area contributed by atoms with Gasteiger partial charge in [0.15, 0.2) is 11.5 Å². The van der Waals surface area contributed by atoms with Gasteiger partial charge in [-0.3, -0.25) is 9.59 Å². The molecule has 2 aliphatic heterocycles. The second kappa shape index (κ2) is 14.7. The van der Waals surface area contributed by atoms with E-state index in [4.69, 9.17) is 42.1 Å². The number of nitrogens with zero attached hydrogens (tertiary/aromatic N) is 3. The lowest BCUT2D eigenvalue weighted by atomic mass is 9.71. The van der Waals surface area contributed by atoms with Gasteiger partial charge in [0.05, 0.1) is 49.9 Å². The van der Waals surface area contributed by atoms with Crippen molar-refractivity contribution in [2.24, 2.45) is 0 Å².